The lowest BCUT2D eigenvalue weighted by atomic mass is 9.77. The van der Waals surface area contributed by atoms with E-state index in [1.165, 1.54) is 5.56 Å². The minimum absolute atomic E-state index is 0.0347. The normalized spacial score (nSPS) is 20.3. The molecule has 0 atom stereocenters. The van der Waals surface area contributed by atoms with Crippen LogP contribution in [0.1, 0.15) is 40.7 Å². The molecule has 0 saturated heterocycles. The molecular formula is C15H20N2O2. The molecule has 4 nitrogen and oxygen atoms in total. The van der Waals surface area contributed by atoms with Crippen LogP contribution in [0.4, 0.5) is 0 Å². The van der Waals surface area contributed by atoms with Crippen LogP contribution in [0.5, 0.6) is 0 Å². The van der Waals surface area contributed by atoms with Gasteiger partial charge in [0.15, 0.2) is 0 Å². The Hall–Kier alpha value is -1.39. The van der Waals surface area contributed by atoms with Gasteiger partial charge in [0.1, 0.15) is 0 Å². The molecule has 1 saturated carbocycles. The third kappa shape index (κ3) is 2.26. The number of benzene rings is 1. The molecule has 0 aromatic heterocycles. The zero-order valence-corrected chi connectivity index (χ0v) is 11.0. The van der Waals surface area contributed by atoms with Crippen molar-refractivity contribution >= 4 is 5.91 Å². The van der Waals surface area contributed by atoms with Gasteiger partial charge in [-0.15, -0.1) is 0 Å². The van der Waals surface area contributed by atoms with Crippen molar-refractivity contribution in [1.82, 2.24) is 10.6 Å². The fourth-order valence-corrected chi connectivity index (χ4v) is 2.98. The largest absolute Gasteiger partial charge is 0.394 e. The lowest BCUT2D eigenvalue weighted by Gasteiger charge is -2.41. The van der Waals surface area contributed by atoms with Crippen molar-refractivity contribution in [2.45, 2.75) is 37.8 Å². The molecule has 0 radical (unpaired) electrons. The second-order valence-corrected chi connectivity index (χ2v) is 5.62. The predicted molar refractivity (Wildman–Crippen MR) is 73.0 cm³/mol. The van der Waals surface area contributed by atoms with Crippen LogP contribution in [0.2, 0.25) is 0 Å². The van der Waals surface area contributed by atoms with E-state index in [1.54, 1.807) is 0 Å². The Balaban J connectivity index is 1.84. The Bertz CT molecular complexity index is 489. The van der Waals surface area contributed by atoms with Crippen molar-refractivity contribution in [3.63, 3.8) is 0 Å². The van der Waals surface area contributed by atoms with Crippen LogP contribution in [0.25, 0.3) is 0 Å². The summed E-state index contributed by atoms with van der Waals surface area (Å²) in [6, 6.07) is 5.90. The molecule has 19 heavy (non-hydrogen) atoms. The van der Waals surface area contributed by atoms with Crippen LogP contribution < -0.4 is 10.6 Å². The van der Waals surface area contributed by atoms with Crippen molar-refractivity contribution in [3.05, 3.63) is 34.9 Å². The van der Waals surface area contributed by atoms with Gasteiger partial charge in [0.05, 0.1) is 12.1 Å². The van der Waals surface area contributed by atoms with Crippen LogP contribution >= 0.6 is 0 Å². The van der Waals surface area contributed by atoms with Gasteiger partial charge >= 0.3 is 0 Å². The van der Waals surface area contributed by atoms with Gasteiger partial charge in [-0.25, -0.2) is 0 Å². The number of rotatable bonds is 3. The second-order valence-electron chi connectivity index (χ2n) is 5.62. The average Bonchev–Trinajstić information content (AvgIpc) is 2.42. The lowest BCUT2D eigenvalue weighted by molar-refractivity contribution is 0.0640. The molecule has 1 aromatic rings. The zero-order chi connectivity index (χ0) is 13.3. The first-order valence-electron chi connectivity index (χ1n) is 6.99. The fraction of sp³-hybridized carbons (Fsp3) is 0.533. The minimum atomic E-state index is -0.368. The Morgan fingerprint density at radius 1 is 1.42 bits per heavy atom. The first-order valence-corrected chi connectivity index (χ1v) is 6.99. The molecule has 0 bridgehead atoms. The van der Waals surface area contributed by atoms with Gasteiger partial charge in [0, 0.05) is 12.1 Å². The summed E-state index contributed by atoms with van der Waals surface area (Å²) in [6.45, 7) is 1.79. The molecular weight excluding hydrogens is 240 g/mol. The summed E-state index contributed by atoms with van der Waals surface area (Å²) >= 11 is 0. The molecule has 1 aliphatic heterocycles. The Morgan fingerprint density at radius 2 is 2.26 bits per heavy atom. The van der Waals surface area contributed by atoms with E-state index >= 15 is 0 Å². The van der Waals surface area contributed by atoms with Crippen molar-refractivity contribution in [1.29, 1.82) is 0 Å². The maximum absolute atomic E-state index is 12.4. The van der Waals surface area contributed by atoms with Gasteiger partial charge < -0.3 is 15.7 Å². The first kappa shape index (κ1) is 12.6. The Morgan fingerprint density at radius 3 is 2.95 bits per heavy atom. The van der Waals surface area contributed by atoms with E-state index in [0.29, 0.717) is 0 Å². The molecule has 4 heteroatoms. The quantitative estimate of drug-likeness (QED) is 0.759. The van der Waals surface area contributed by atoms with Crippen molar-refractivity contribution in [3.8, 4) is 0 Å². The van der Waals surface area contributed by atoms with Crippen LogP contribution in [-0.4, -0.2) is 29.7 Å². The van der Waals surface area contributed by atoms with Crippen molar-refractivity contribution in [2.24, 2.45) is 0 Å². The number of amides is 1. The molecule has 2 aliphatic rings. The number of hydrogen-bond donors (Lipinski definition) is 3. The average molecular weight is 260 g/mol. The molecule has 0 spiro atoms. The summed E-state index contributed by atoms with van der Waals surface area (Å²) in [7, 11) is 0. The van der Waals surface area contributed by atoms with Crippen LogP contribution in [0, 0.1) is 0 Å². The maximum atomic E-state index is 12.4. The second kappa shape index (κ2) is 4.94. The van der Waals surface area contributed by atoms with E-state index in [2.05, 4.69) is 16.7 Å². The van der Waals surface area contributed by atoms with Gasteiger partial charge in [0.25, 0.3) is 5.91 Å². The van der Waals surface area contributed by atoms with Gasteiger partial charge in [-0.3, -0.25) is 4.79 Å². The summed E-state index contributed by atoms with van der Waals surface area (Å²) < 4.78 is 0. The van der Waals surface area contributed by atoms with E-state index in [-0.39, 0.29) is 18.1 Å². The number of aliphatic hydroxyl groups is 1. The summed E-state index contributed by atoms with van der Waals surface area (Å²) in [6.07, 6.45) is 3.74. The van der Waals surface area contributed by atoms with Crippen molar-refractivity contribution in [2.75, 3.05) is 13.2 Å². The maximum Gasteiger partial charge on any atom is 0.252 e. The van der Waals surface area contributed by atoms with Gasteiger partial charge in [-0.05, 0) is 49.4 Å². The molecule has 1 aliphatic carbocycles. The molecule has 3 rings (SSSR count). The molecule has 3 N–H and O–H groups in total. The van der Waals surface area contributed by atoms with E-state index < -0.39 is 0 Å². The minimum Gasteiger partial charge on any atom is -0.394 e. The molecule has 1 amide bonds. The summed E-state index contributed by atoms with van der Waals surface area (Å²) in [4.78, 5) is 12.4. The zero-order valence-electron chi connectivity index (χ0n) is 11.0. The number of fused-ring (bicyclic) bond motifs is 1. The highest BCUT2D eigenvalue weighted by atomic mass is 16.3. The highest BCUT2D eigenvalue weighted by molar-refractivity contribution is 5.96. The molecule has 1 heterocycles. The summed E-state index contributed by atoms with van der Waals surface area (Å²) in [5, 5.41) is 15.8. The highest BCUT2D eigenvalue weighted by Gasteiger charge is 2.38. The first-order chi connectivity index (χ1) is 9.24. The number of carbonyl (C=O) groups excluding carboxylic acids is 1. The van der Waals surface area contributed by atoms with Crippen molar-refractivity contribution < 1.29 is 9.90 Å². The topological polar surface area (TPSA) is 61.4 Å². The SMILES string of the molecule is O=C(NC1(CO)CCC1)c1cccc2c1CCNC2. The summed E-state index contributed by atoms with van der Waals surface area (Å²) in [5.41, 5.74) is 2.78. The summed E-state index contributed by atoms with van der Waals surface area (Å²) in [5.74, 6) is -0.0347. The number of aliphatic hydroxyl groups excluding tert-OH is 1. The number of hydrogen-bond acceptors (Lipinski definition) is 3. The Labute approximate surface area is 113 Å². The standard InChI is InChI=1S/C15H20N2O2/c18-10-15(6-2-7-15)17-14(19)13-4-1-3-11-9-16-8-5-12(11)13/h1,3-4,16,18H,2,5-10H2,(H,17,19). The van der Waals surface area contributed by atoms with Crippen LogP contribution in [-0.2, 0) is 13.0 Å². The van der Waals surface area contributed by atoms with Gasteiger partial charge in [-0.1, -0.05) is 12.1 Å². The third-order valence-electron chi connectivity index (χ3n) is 4.38. The third-order valence-corrected chi connectivity index (χ3v) is 4.38. The highest BCUT2D eigenvalue weighted by Crippen LogP contribution is 2.32. The molecule has 0 unspecified atom stereocenters. The van der Waals surface area contributed by atoms with Crippen LogP contribution in [0.15, 0.2) is 18.2 Å². The molecule has 102 valence electrons. The van der Waals surface area contributed by atoms with E-state index in [9.17, 15) is 9.90 Å². The Kier molecular flexibility index (Phi) is 3.29. The lowest BCUT2D eigenvalue weighted by Crippen LogP contribution is -2.56. The van der Waals surface area contributed by atoms with Gasteiger partial charge in [0.2, 0.25) is 0 Å². The monoisotopic (exact) mass is 260 g/mol. The molecule has 1 fully saturated rings. The fourth-order valence-electron chi connectivity index (χ4n) is 2.98. The van der Waals surface area contributed by atoms with E-state index in [1.807, 2.05) is 12.1 Å². The van der Waals surface area contributed by atoms with E-state index in [0.717, 1.165) is 49.9 Å². The smallest absolute Gasteiger partial charge is 0.252 e. The molecule has 1 aromatic carbocycles. The van der Waals surface area contributed by atoms with Gasteiger partial charge in [-0.2, -0.15) is 0 Å². The van der Waals surface area contributed by atoms with E-state index in [4.69, 9.17) is 0 Å². The number of nitrogens with one attached hydrogen (secondary N) is 2. The predicted octanol–water partition coefficient (Wildman–Crippen LogP) is 0.977. The van der Waals surface area contributed by atoms with Crippen LogP contribution in [0.3, 0.4) is 0 Å². The number of carbonyl (C=O) groups is 1.